The van der Waals surface area contributed by atoms with Crippen LogP contribution in [-0.4, -0.2) is 11.5 Å². The Bertz CT molecular complexity index is 478. The molecule has 0 fully saturated rings. The zero-order chi connectivity index (χ0) is 12.3. The highest BCUT2D eigenvalue weighted by Gasteiger charge is 2.15. The lowest BCUT2D eigenvalue weighted by Gasteiger charge is -2.16. The van der Waals surface area contributed by atoms with E-state index < -0.39 is 0 Å². The minimum Gasteiger partial charge on any atom is -0.306 e. The number of rotatable bonds is 4. The third kappa shape index (κ3) is 3.15. The zero-order valence-corrected chi connectivity index (χ0v) is 12.3. The quantitative estimate of drug-likeness (QED) is 0.926. The predicted octanol–water partition coefficient (Wildman–Crippen LogP) is 3.91. The second-order valence-corrected chi connectivity index (χ2v) is 6.36. The van der Waals surface area contributed by atoms with Gasteiger partial charge in [0.2, 0.25) is 0 Å². The number of hydrogen-bond acceptors (Lipinski definition) is 3. The first-order valence-corrected chi connectivity index (χ1v) is 7.23. The summed E-state index contributed by atoms with van der Waals surface area (Å²) >= 11 is 5.27. The second kappa shape index (κ2) is 5.76. The van der Waals surface area contributed by atoms with Crippen molar-refractivity contribution < 1.29 is 0 Å². The van der Waals surface area contributed by atoms with Gasteiger partial charge in [0, 0.05) is 16.8 Å². The van der Waals surface area contributed by atoms with E-state index in [0.717, 1.165) is 16.0 Å². The third-order valence-corrected chi connectivity index (χ3v) is 4.24. The second-order valence-electron chi connectivity index (χ2n) is 3.87. The molecule has 90 valence electrons. The van der Waals surface area contributed by atoms with E-state index in [9.17, 15) is 0 Å². The van der Waals surface area contributed by atoms with Gasteiger partial charge in [-0.15, -0.1) is 11.3 Å². The Kier molecular flexibility index (Phi) is 4.31. The summed E-state index contributed by atoms with van der Waals surface area (Å²) in [5.41, 5.74) is 2.27. The molecule has 4 heteroatoms. The largest absolute Gasteiger partial charge is 0.306 e. The maximum absolute atomic E-state index is 4.37. The van der Waals surface area contributed by atoms with Gasteiger partial charge in [-0.05, 0) is 53.2 Å². The summed E-state index contributed by atoms with van der Waals surface area (Å²) in [4.78, 5) is 5.68. The first-order valence-electron chi connectivity index (χ1n) is 5.62. The summed E-state index contributed by atoms with van der Waals surface area (Å²) < 4.78 is 1.16. The highest BCUT2D eigenvalue weighted by molar-refractivity contribution is 9.11. The minimum atomic E-state index is 0.240. The van der Waals surface area contributed by atoms with Crippen LogP contribution in [0.3, 0.4) is 0 Å². The molecule has 0 aliphatic rings. The van der Waals surface area contributed by atoms with Crippen LogP contribution in [0.5, 0.6) is 0 Å². The van der Waals surface area contributed by atoms with Crippen LogP contribution in [0.1, 0.15) is 29.1 Å². The summed E-state index contributed by atoms with van der Waals surface area (Å²) in [6.07, 6.45) is 1.95. The molecule has 0 aliphatic carbocycles. The van der Waals surface area contributed by atoms with Crippen molar-refractivity contribution in [1.29, 1.82) is 0 Å². The van der Waals surface area contributed by atoms with Gasteiger partial charge in [-0.3, -0.25) is 4.98 Å². The Morgan fingerprint density at radius 3 is 2.71 bits per heavy atom. The Morgan fingerprint density at radius 2 is 2.18 bits per heavy atom. The van der Waals surface area contributed by atoms with E-state index in [1.54, 1.807) is 11.3 Å². The molecule has 2 aromatic rings. The number of aromatic nitrogens is 1. The van der Waals surface area contributed by atoms with Gasteiger partial charge in [0.1, 0.15) is 0 Å². The summed E-state index contributed by atoms with van der Waals surface area (Å²) in [6.45, 7) is 5.07. The number of aryl methyl sites for hydroxylation is 1. The van der Waals surface area contributed by atoms with E-state index in [-0.39, 0.29) is 6.04 Å². The Balaban J connectivity index is 2.31. The van der Waals surface area contributed by atoms with Gasteiger partial charge in [0.15, 0.2) is 0 Å². The molecule has 17 heavy (non-hydrogen) atoms. The highest BCUT2D eigenvalue weighted by atomic mass is 79.9. The molecule has 1 unspecified atom stereocenters. The van der Waals surface area contributed by atoms with Gasteiger partial charge in [-0.25, -0.2) is 0 Å². The Morgan fingerprint density at radius 1 is 1.35 bits per heavy atom. The van der Waals surface area contributed by atoms with Gasteiger partial charge < -0.3 is 5.32 Å². The third-order valence-electron chi connectivity index (χ3n) is 2.55. The molecule has 0 saturated heterocycles. The molecular weight excluding hydrogens is 296 g/mol. The molecule has 0 radical (unpaired) electrons. The average molecular weight is 311 g/mol. The smallest absolute Gasteiger partial charge is 0.0702 e. The number of hydrogen-bond donors (Lipinski definition) is 1. The van der Waals surface area contributed by atoms with Crippen molar-refractivity contribution in [3.63, 3.8) is 0 Å². The molecule has 0 aliphatic heterocycles. The maximum Gasteiger partial charge on any atom is 0.0702 e. The van der Waals surface area contributed by atoms with Crippen molar-refractivity contribution >= 4 is 27.3 Å². The Hall–Kier alpha value is -0.710. The Labute approximate surface area is 114 Å². The molecule has 0 aromatic carbocycles. The van der Waals surface area contributed by atoms with E-state index in [1.807, 2.05) is 13.1 Å². The van der Waals surface area contributed by atoms with E-state index >= 15 is 0 Å². The predicted molar refractivity (Wildman–Crippen MR) is 76.5 cm³/mol. The SMILES string of the molecule is CCNC(c1ccc(C)nc1)c1ccc(Br)s1. The molecule has 0 amide bonds. The molecule has 0 saturated carbocycles. The number of nitrogens with one attached hydrogen (secondary N) is 1. The van der Waals surface area contributed by atoms with Crippen LogP contribution < -0.4 is 5.32 Å². The fraction of sp³-hybridized carbons (Fsp3) is 0.308. The monoisotopic (exact) mass is 310 g/mol. The van der Waals surface area contributed by atoms with Crippen LogP contribution in [0, 0.1) is 6.92 Å². The normalized spacial score (nSPS) is 12.6. The van der Waals surface area contributed by atoms with Crippen molar-refractivity contribution in [2.75, 3.05) is 6.54 Å². The molecular formula is C13H15BrN2S. The first kappa shape index (κ1) is 12.7. The molecule has 2 aromatic heterocycles. The zero-order valence-electron chi connectivity index (χ0n) is 9.90. The van der Waals surface area contributed by atoms with Crippen molar-refractivity contribution in [1.82, 2.24) is 10.3 Å². The van der Waals surface area contributed by atoms with Crippen LogP contribution >= 0.6 is 27.3 Å². The number of pyridine rings is 1. The van der Waals surface area contributed by atoms with E-state index in [1.165, 1.54) is 10.4 Å². The van der Waals surface area contributed by atoms with E-state index in [2.05, 4.69) is 57.4 Å². The minimum absolute atomic E-state index is 0.240. The topological polar surface area (TPSA) is 24.9 Å². The van der Waals surface area contributed by atoms with E-state index in [0.29, 0.717) is 0 Å². The molecule has 2 rings (SSSR count). The standard InChI is InChI=1S/C13H15BrN2S/c1-3-15-13(11-6-7-12(14)17-11)10-5-4-9(2)16-8-10/h4-8,13,15H,3H2,1-2H3. The lowest BCUT2D eigenvalue weighted by molar-refractivity contribution is 0.637. The number of nitrogens with zero attached hydrogens (tertiary/aromatic N) is 1. The van der Waals surface area contributed by atoms with Crippen LogP contribution in [0.4, 0.5) is 0 Å². The van der Waals surface area contributed by atoms with Crippen molar-refractivity contribution in [2.45, 2.75) is 19.9 Å². The average Bonchev–Trinajstić information content (AvgIpc) is 2.74. The summed E-state index contributed by atoms with van der Waals surface area (Å²) in [5, 5.41) is 3.50. The first-order chi connectivity index (χ1) is 8.20. The van der Waals surface area contributed by atoms with Gasteiger partial charge in [0.05, 0.1) is 9.83 Å². The fourth-order valence-electron chi connectivity index (χ4n) is 1.72. The molecule has 1 atom stereocenters. The van der Waals surface area contributed by atoms with E-state index in [4.69, 9.17) is 0 Å². The molecule has 0 bridgehead atoms. The van der Waals surface area contributed by atoms with Gasteiger partial charge >= 0.3 is 0 Å². The van der Waals surface area contributed by atoms with Crippen molar-refractivity contribution in [3.8, 4) is 0 Å². The number of halogens is 1. The molecule has 2 nitrogen and oxygen atoms in total. The summed E-state index contributed by atoms with van der Waals surface area (Å²) in [6, 6.07) is 8.68. The van der Waals surface area contributed by atoms with Crippen LogP contribution in [0.25, 0.3) is 0 Å². The summed E-state index contributed by atoms with van der Waals surface area (Å²) in [7, 11) is 0. The van der Waals surface area contributed by atoms with Crippen LogP contribution in [-0.2, 0) is 0 Å². The lowest BCUT2D eigenvalue weighted by atomic mass is 10.1. The van der Waals surface area contributed by atoms with Gasteiger partial charge in [-0.2, -0.15) is 0 Å². The molecule has 1 N–H and O–H groups in total. The fourth-order valence-corrected chi connectivity index (χ4v) is 3.25. The van der Waals surface area contributed by atoms with Crippen molar-refractivity contribution in [3.05, 3.63) is 50.4 Å². The van der Waals surface area contributed by atoms with Gasteiger partial charge in [-0.1, -0.05) is 13.0 Å². The highest BCUT2D eigenvalue weighted by Crippen LogP contribution is 2.30. The van der Waals surface area contributed by atoms with Gasteiger partial charge in [0.25, 0.3) is 0 Å². The maximum atomic E-state index is 4.37. The molecule has 2 heterocycles. The molecule has 0 spiro atoms. The van der Waals surface area contributed by atoms with Crippen LogP contribution in [0.2, 0.25) is 0 Å². The van der Waals surface area contributed by atoms with Crippen LogP contribution in [0.15, 0.2) is 34.2 Å². The summed E-state index contributed by atoms with van der Waals surface area (Å²) in [5.74, 6) is 0. The number of thiophene rings is 1. The lowest BCUT2D eigenvalue weighted by Crippen LogP contribution is -2.21. The van der Waals surface area contributed by atoms with Crippen molar-refractivity contribution in [2.24, 2.45) is 0 Å².